The molecule has 1 unspecified atom stereocenters. The first-order valence-electron chi connectivity index (χ1n) is 5.13. The lowest BCUT2D eigenvalue weighted by molar-refractivity contribution is 0.112. The van der Waals surface area contributed by atoms with Crippen LogP contribution in [0.4, 0.5) is 0 Å². The highest BCUT2D eigenvalue weighted by Crippen LogP contribution is 2.22. The van der Waals surface area contributed by atoms with Gasteiger partial charge in [0.15, 0.2) is 6.29 Å². The van der Waals surface area contributed by atoms with Crippen LogP contribution in [0.5, 0.6) is 5.75 Å². The van der Waals surface area contributed by atoms with E-state index in [1.165, 1.54) is 0 Å². The molecule has 0 aliphatic rings. The second-order valence-corrected chi connectivity index (χ2v) is 3.62. The maximum Gasteiger partial charge on any atom is 0.153 e. The number of phenolic OH excluding ortho intramolecular Hbond substituents is 1. The van der Waals surface area contributed by atoms with Gasteiger partial charge in [-0.15, -0.1) is 0 Å². The highest BCUT2D eigenvalue weighted by molar-refractivity contribution is 5.79. The largest absolute Gasteiger partial charge is 0.507 e. The summed E-state index contributed by atoms with van der Waals surface area (Å²) in [5, 5.41) is 19.3. The maximum absolute atomic E-state index is 10.6. The molecule has 15 heavy (non-hydrogen) atoms. The number of benzene rings is 1. The van der Waals surface area contributed by atoms with Crippen molar-refractivity contribution in [1.29, 1.82) is 0 Å². The van der Waals surface area contributed by atoms with Crippen molar-refractivity contribution >= 4 is 6.29 Å². The van der Waals surface area contributed by atoms with E-state index in [0.29, 0.717) is 24.7 Å². The van der Waals surface area contributed by atoms with Crippen LogP contribution in [-0.4, -0.2) is 22.6 Å². The summed E-state index contributed by atoms with van der Waals surface area (Å²) < 4.78 is 0. The van der Waals surface area contributed by atoms with Crippen LogP contribution >= 0.6 is 0 Å². The second kappa shape index (κ2) is 5.51. The van der Waals surface area contributed by atoms with E-state index < -0.39 is 6.10 Å². The molecule has 0 bridgehead atoms. The third kappa shape index (κ3) is 3.06. The molecule has 0 saturated heterocycles. The Hall–Kier alpha value is -1.35. The van der Waals surface area contributed by atoms with Gasteiger partial charge in [0.05, 0.1) is 11.7 Å². The number of para-hydroxylation sites is 1. The smallest absolute Gasteiger partial charge is 0.153 e. The lowest BCUT2D eigenvalue weighted by Crippen LogP contribution is -2.10. The number of aldehydes is 1. The number of aliphatic hydroxyl groups excluding tert-OH is 1. The number of hydrogen-bond acceptors (Lipinski definition) is 3. The minimum Gasteiger partial charge on any atom is -0.507 e. The molecule has 0 spiro atoms. The van der Waals surface area contributed by atoms with Gasteiger partial charge in [0.2, 0.25) is 0 Å². The molecule has 3 heteroatoms. The first-order valence-corrected chi connectivity index (χ1v) is 5.13. The molecule has 0 aliphatic carbocycles. The van der Waals surface area contributed by atoms with Gasteiger partial charge in [-0.05, 0) is 18.1 Å². The quantitative estimate of drug-likeness (QED) is 0.727. The van der Waals surface area contributed by atoms with Crippen molar-refractivity contribution in [3.05, 3.63) is 29.3 Å². The van der Waals surface area contributed by atoms with Gasteiger partial charge < -0.3 is 10.2 Å². The van der Waals surface area contributed by atoms with Crippen LogP contribution in [0.2, 0.25) is 0 Å². The number of aromatic hydroxyl groups is 1. The van der Waals surface area contributed by atoms with Gasteiger partial charge in [0.25, 0.3) is 0 Å². The predicted octanol–water partition coefficient (Wildman–Crippen LogP) is 1.91. The van der Waals surface area contributed by atoms with Crippen LogP contribution in [0.15, 0.2) is 18.2 Å². The van der Waals surface area contributed by atoms with E-state index in [4.69, 9.17) is 0 Å². The van der Waals surface area contributed by atoms with Crippen molar-refractivity contribution in [2.75, 3.05) is 0 Å². The lowest BCUT2D eigenvalue weighted by Gasteiger charge is -2.11. The molecule has 0 amide bonds. The number of carbonyl (C=O) groups is 1. The van der Waals surface area contributed by atoms with Gasteiger partial charge in [0, 0.05) is 6.42 Å². The molecule has 0 saturated carbocycles. The van der Waals surface area contributed by atoms with Crippen LogP contribution in [0, 0.1) is 0 Å². The van der Waals surface area contributed by atoms with Gasteiger partial charge in [-0.25, -0.2) is 0 Å². The molecule has 82 valence electrons. The molecule has 1 rings (SSSR count). The van der Waals surface area contributed by atoms with E-state index in [-0.39, 0.29) is 11.3 Å². The Morgan fingerprint density at radius 2 is 2.20 bits per heavy atom. The zero-order valence-corrected chi connectivity index (χ0v) is 8.81. The van der Waals surface area contributed by atoms with Crippen molar-refractivity contribution in [2.24, 2.45) is 0 Å². The predicted molar refractivity (Wildman–Crippen MR) is 58.1 cm³/mol. The average molecular weight is 208 g/mol. The Bertz CT molecular complexity index is 334. The Labute approximate surface area is 89.4 Å². The van der Waals surface area contributed by atoms with Crippen molar-refractivity contribution in [3.63, 3.8) is 0 Å². The monoisotopic (exact) mass is 208 g/mol. The summed E-state index contributed by atoms with van der Waals surface area (Å²) in [7, 11) is 0. The minimum absolute atomic E-state index is 0.0114. The fourth-order valence-electron chi connectivity index (χ4n) is 1.56. The lowest BCUT2D eigenvalue weighted by atomic mass is 10.0. The van der Waals surface area contributed by atoms with Gasteiger partial charge in [-0.1, -0.05) is 25.5 Å². The number of hydrogen-bond donors (Lipinski definition) is 2. The number of rotatable bonds is 5. The van der Waals surface area contributed by atoms with Crippen molar-refractivity contribution in [1.82, 2.24) is 0 Å². The molecular weight excluding hydrogens is 192 g/mol. The van der Waals surface area contributed by atoms with E-state index in [1.54, 1.807) is 18.2 Å². The molecule has 0 radical (unpaired) electrons. The summed E-state index contributed by atoms with van der Waals surface area (Å²) in [5.74, 6) is -0.0114. The van der Waals surface area contributed by atoms with Crippen molar-refractivity contribution in [3.8, 4) is 5.75 Å². The van der Waals surface area contributed by atoms with E-state index in [2.05, 4.69) is 0 Å². The Balaban J connectivity index is 2.81. The van der Waals surface area contributed by atoms with Crippen LogP contribution in [0.3, 0.4) is 0 Å². The molecule has 1 aromatic rings. The first-order chi connectivity index (χ1) is 7.19. The van der Waals surface area contributed by atoms with Crippen molar-refractivity contribution < 1.29 is 15.0 Å². The van der Waals surface area contributed by atoms with Crippen LogP contribution in [-0.2, 0) is 6.42 Å². The van der Waals surface area contributed by atoms with E-state index >= 15 is 0 Å². The molecular formula is C12H16O3. The normalized spacial score (nSPS) is 12.4. The SMILES string of the molecule is CCCC(O)Cc1cccc(C=O)c1O. The standard InChI is InChI=1S/C12H16O3/c1-2-4-11(14)7-9-5-3-6-10(8-13)12(9)15/h3,5-6,8,11,14-15H,2,4,7H2,1H3. The molecule has 0 aromatic heterocycles. The highest BCUT2D eigenvalue weighted by Gasteiger charge is 2.10. The fourth-order valence-corrected chi connectivity index (χ4v) is 1.56. The summed E-state index contributed by atoms with van der Waals surface area (Å²) in [6.45, 7) is 1.99. The minimum atomic E-state index is -0.456. The topological polar surface area (TPSA) is 57.5 Å². The van der Waals surface area contributed by atoms with Gasteiger partial charge in [-0.2, -0.15) is 0 Å². The summed E-state index contributed by atoms with van der Waals surface area (Å²) in [6.07, 6.45) is 2.15. The molecule has 1 aromatic carbocycles. The fraction of sp³-hybridized carbons (Fsp3) is 0.417. The summed E-state index contributed by atoms with van der Waals surface area (Å²) in [5.41, 5.74) is 0.900. The molecule has 1 atom stereocenters. The molecule has 0 aliphatic heterocycles. The Morgan fingerprint density at radius 3 is 2.80 bits per heavy atom. The molecule has 3 nitrogen and oxygen atoms in total. The molecule has 0 fully saturated rings. The maximum atomic E-state index is 10.6. The third-order valence-corrected chi connectivity index (χ3v) is 2.36. The molecule has 0 heterocycles. The number of aliphatic hydroxyl groups is 1. The van der Waals surface area contributed by atoms with E-state index in [1.807, 2.05) is 6.92 Å². The summed E-state index contributed by atoms with van der Waals surface area (Å²) in [4.78, 5) is 10.6. The van der Waals surface area contributed by atoms with Crippen molar-refractivity contribution in [2.45, 2.75) is 32.3 Å². The van der Waals surface area contributed by atoms with Crippen LogP contribution in [0.25, 0.3) is 0 Å². The van der Waals surface area contributed by atoms with E-state index in [0.717, 1.165) is 6.42 Å². The van der Waals surface area contributed by atoms with Gasteiger partial charge in [0.1, 0.15) is 5.75 Å². The van der Waals surface area contributed by atoms with Crippen LogP contribution < -0.4 is 0 Å². The van der Waals surface area contributed by atoms with Crippen LogP contribution in [0.1, 0.15) is 35.7 Å². The highest BCUT2D eigenvalue weighted by atomic mass is 16.3. The molecule has 2 N–H and O–H groups in total. The zero-order chi connectivity index (χ0) is 11.3. The second-order valence-electron chi connectivity index (χ2n) is 3.62. The zero-order valence-electron chi connectivity index (χ0n) is 8.81. The third-order valence-electron chi connectivity index (χ3n) is 2.36. The Morgan fingerprint density at radius 1 is 1.47 bits per heavy atom. The summed E-state index contributed by atoms with van der Waals surface area (Å²) in [6, 6.07) is 4.98. The van der Waals surface area contributed by atoms with Gasteiger partial charge in [-0.3, -0.25) is 4.79 Å². The first kappa shape index (κ1) is 11.7. The average Bonchev–Trinajstić information content (AvgIpc) is 2.21. The Kier molecular flexibility index (Phi) is 4.31. The number of phenols is 1. The van der Waals surface area contributed by atoms with Gasteiger partial charge >= 0.3 is 0 Å². The van der Waals surface area contributed by atoms with E-state index in [9.17, 15) is 15.0 Å². The summed E-state index contributed by atoms with van der Waals surface area (Å²) >= 11 is 0. The number of carbonyl (C=O) groups excluding carboxylic acids is 1.